The largest absolute Gasteiger partial charge is 0.494 e. The van der Waals surface area contributed by atoms with Crippen LogP contribution >= 0.6 is 0 Å². The van der Waals surface area contributed by atoms with Crippen molar-refractivity contribution in [1.82, 2.24) is 0 Å². The van der Waals surface area contributed by atoms with Gasteiger partial charge in [-0.15, -0.1) is 0 Å². The van der Waals surface area contributed by atoms with Gasteiger partial charge in [0.15, 0.2) is 23.1 Å². The van der Waals surface area contributed by atoms with Gasteiger partial charge in [0.25, 0.3) is 0 Å². The van der Waals surface area contributed by atoms with Crippen LogP contribution in [0.15, 0.2) is 24.3 Å². The topological polar surface area (TPSA) is 27.7 Å². The maximum Gasteiger partial charge on any atom is 0.429 e. The molecule has 33 heavy (non-hydrogen) atoms. The quantitative estimate of drug-likeness (QED) is 0.286. The molecule has 2 aromatic rings. The standard InChI is InChI=1S/C24H26F6O3/c1-3-12-32-13-14-4-6-15(7-5-14)16-8-10-19(23(28)20(16)25)33-24(29,30)17-9-11-18(31-2)22(27)21(17)26/h8-11,14-15H,3-7,12-13H2,1-2H3. The summed E-state index contributed by atoms with van der Waals surface area (Å²) in [5.41, 5.74) is -1.38. The lowest BCUT2D eigenvalue weighted by Crippen LogP contribution is -2.25. The van der Waals surface area contributed by atoms with Gasteiger partial charge >= 0.3 is 6.11 Å². The zero-order valence-electron chi connectivity index (χ0n) is 18.4. The molecular formula is C24H26F6O3. The first-order valence-corrected chi connectivity index (χ1v) is 10.8. The normalized spacial score (nSPS) is 18.9. The van der Waals surface area contributed by atoms with Crippen molar-refractivity contribution in [2.24, 2.45) is 5.92 Å². The van der Waals surface area contributed by atoms with Crippen molar-refractivity contribution in [1.29, 1.82) is 0 Å². The summed E-state index contributed by atoms with van der Waals surface area (Å²) in [6.07, 6.45) is -0.732. The lowest BCUT2D eigenvalue weighted by atomic mass is 9.79. The summed E-state index contributed by atoms with van der Waals surface area (Å²) in [5, 5.41) is 0. The molecule has 0 radical (unpaired) electrons. The monoisotopic (exact) mass is 476 g/mol. The second-order valence-corrected chi connectivity index (χ2v) is 8.14. The summed E-state index contributed by atoms with van der Waals surface area (Å²) in [6, 6.07) is 3.43. The Morgan fingerprint density at radius 3 is 2.12 bits per heavy atom. The van der Waals surface area contributed by atoms with Crippen molar-refractivity contribution < 1.29 is 40.6 Å². The maximum atomic E-state index is 14.7. The van der Waals surface area contributed by atoms with E-state index in [1.807, 2.05) is 6.92 Å². The Kier molecular flexibility index (Phi) is 8.15. The predicted octanol–water partition coefficient (Wildman–Crippen LogP) is 7.08. The summed E-state index contributed by atoms with van der Waals surface area (Å²) < 4.78 is 101. The van der Waals surface area contributed by atoms with Gasteiger partial charge in [0, 0.05) is 13.2 Å². The average molecular weight is 476 g/mol. The first kappa shape index (κ1) is 25.2. The Hall–Kier alpha value is -2.42. The van der Waals surface area contributed by atoms with Crippen LogP contribution in [0.1, 0.15) is 56.1 Å². The molecule has 0 spiro atoms. The van der Waals surface area contributed by atoms with E-state index in [0.29, 0.717) is 38.0 Å². The Labute approximate surface area is 188 Å². The van der Waals surface area contributed by atoms with Crippen molar-refractivity contribution >= 4 is 0 Å². The molecule has 0 saturated heterocycles. The van der Waals surface area contributed by atoms with E-state index in [-0.39, 0.29) is 11.5 Å². The molecule has 1 fully saturated rings. The number of ether oxygens (including phenoxy) is 3. The zero-order valence-corrected chi connectivity index (χ0v) is 18.4. The number of hydrogen-bond acceptors (Lipinski definition) is 3. The average Bonchev–Trinajstić information content (AvgIpc) is 2.79. The minimum atomic E-state index is -4.46. The third kappa shape index (κ3) is 5.57. The van der Waals surface area contributed by atoms with Crippen LogP contribution < -0.4 is 9.47 Å². The van der Waals surface area contributed by atoms with Crippen molar-refractivity contribution in [3.8, 4) is 11.5 Å². The van der Waals surface area contributed by atoms with E-state index in [2.05, 4.69) is 9.47 Å². The molecule has 0 unspecified atom stereocenters. The molecule has 3 rings (SSSR count). The van der Waals surface area contributed by atoms with E-state index in [4.69, 9.17) is 4.74 Å². The SMILES string of the molecule is CCCOCC1CCC(c2ccc(OC(F)(F)c3ccc(OC)c(F)c3F)c(F)c2F)CC1. The summed E-state index contributed by atoms with van der Waals surface area (Å²) in [5.74, 6) is -8.02. The fourth-order valence-electron chi connectivity index (χ4n) is 4.08. The van der Waals surface area contributed by atoms with Gasteiger partial charge in [-0.25, -0.2) is 8.78 Å². The minimum Gasteiger partial charge on any atom is -0.494 e. The lowest BCUT2D eigenvalue weighted by molar-refractivity contribution is -0.189. The number of rotatable bonds is 9. The molecule has 0 aromatic heterocycles. The van der Waals surface area contributed by atoms with Crippen LogP contribution in [0.25, 0.3) is 0 Å². The molecule has 0 N–H and O–H groups in total. The van der Waals surface area contributed by atoms with E-state index < -0.39 is 46.4 Å². The van der Waals surface area contributed by atoms with Gasteiger partial charge in [-0.2, -0.15) is 17.6 Å². The highest BCUT2D eigenvalue weighted by Crippen LogP contribution is 2.41. The van der Waals surface area contributed by atoms with Gasteiger partial charge in [0.2, 0.25) is 11.6 Å². The minimum absolute atomic E-state index is 0.0813. The molecule has 1 aliphatic rings. The number of halogens is 6. The Bertz CT molecular complexity index is 958. The summed E-state index contributed by atoms with van der Waals surface area (Å²) in [7, 11) is 1.04. The van der Waals surface area contributed by atoms with Gasteiger partial charge in [0.1, 0.15) is 5.56 Å². The number of alkyl halides is 2. The Balaban J connectivity index is 1.74. The molecule has 0 bridgehead atoms. The highest BCUT2D eigenvalue weighted by atomic mass is 19.3. The first-order valence-electron chi connectivity index (χ1n) is 10.8. The van der Waals surface area contributed by atoms with Crippen LogP contribution in [-0.4, -0.2) is 20.3 Å². The summed E-state index contributed by atoms with van der Waals surface area (Å²) >= 11 is 0. The molecule has 0 atom stereocenters. The van der Waals surface area contributed by atoms with E-state index >= 15 is 0 Å². The fourth-order valence-corrected chi connectivity index (χ4v) is 4.08. The molecule has 1 aliphatic carbocycles. The van der Waals surface area contributed by atoms with Crippen molar-refractivity contribution in [2.45, 2.75) is 51.1 Å². The van der Waals surface area contributed by atoms with Crippen molar-refractivity contribution in [2.75, 3.05) is 20.3 Å². The van der Waals surface area contributed by atoms with Crippen LogP contribution in [0, 0.1) is 29.2 Å². The van der Waals surface area contributed by atoms with Crippen LogP contribution in [0.4, 0.5) is 26.3 Å². The first-order chi connectivity index (χ1) is 15.7. The third-order valence-corrected chi connectivity index (χ3v) is 5.88. The van der Waals surface area contributed by atoms with Gasteiger partial charge in [-0.1, -0.05) is 13.0 Å². The predicted molar refractivity (Wildman–Crippen MR) is 110 cm³/mol. The Morgan fingerprint density at radius 2 is 1.48 bits per heavy atom. The second kappa shape index (κ2) is 10.7. The van der Waals surface area contributed by atoms with Gasteiger partial charge < -0.3 is 14.2 Å². The zero-order chi connectivity index (χ0) is 24.2. The molecule has 3 nitrogen and oxygen atoms in total. The highest BCUT2D eigenvalue weighted by Gasteiger charge is 2.41. The molecule has 0 amide bonds. The number of methoxy groups -OCH3 is 1. The van der Waals surface area contributed by atoms with Crippen LogP contribution in [-0.2, 0) is 10.8 Å². The number of hydrogen-bond donors (Lipinski definition) is 0. The molecule has 2 aromatic carbocycles. The molecule has 1 saturated carbocycles. The van der Waals surface area contributed by atoms with E-state index in [9.17, 15) is 26.3 Å². The van der Waals surface area contributed by atoms with Crippen LogP contribution in [0.2, 0.25) is 0 Å². The second-order valence-electron chi connectivity index (χ2n) is 8.14. The van der Waals surface area contributed by atoms with Gasteiger partial charge in [-0.05, 0) is 67.7 Å². The molecule has 9 heteroatoms. The number of benzene rings is 2. The summed E-state index contributed by atoms with van der Waals surface area (Å²) in [6.45, 7) is 3.32. The highest BCUT2D eigenvalue weighted by molar-refractivity contribution is 5.36. The van der Waals surface area contributed by atoms with Crippen LogP contribution in [0.3, 0.4) is 0 Å². The van der Waals surface area contributed by atoms with Crippen molar-refractivity contribution in [3.05, 3.63) is 58.7 Å². The molecular weight excluding hydrogens is 450 g/mol. The van der Waals surface area contributed by atoms with E-state index in [0.717, 1.165) is 38.5 Å². The lowest BCUT2D eigenvalue weighted by Gasteiger charge is -2.29. The van der Waals surface area contributed by atoms with E-state index in [1.165, 1.54) is 6.07 Å². The van der Waals surface area contributed by atoms with E-state index in [1.54, 1.807) is 0 Å². The fraction of sp³-hybridized carbons (Fsp3) is 0.500. The smallest absolute Gasteiger partial charge is 0.429 e. The summed E-state index contributed by atoms with van der Waals surface area (Å²) in [4.78, 5) is 0. The van der Waals surface area contributed by atoms with Gasteiger partial charge in [-0.3, -0.25) is 0 Å². The van der Waals surface area contributed by atoms with Crippen molar-refractivity contribution in [3.63, 3.8) is 0 Å². The van der Waals surface area contributed by atoms with Gasteiger partial charge in [0.05, 0.1) is 7.11 Å². The third-order valence-electron chi connectivity index (χ3n) is 5.88. The maximum absolute atomic E-state index is 14.7. The molecule has 0 aliphatic heterocycles. The Morgan fingerprint density at radius 1 is 0.848 bits per heavy atom. The van der Waals surface area contributed by atoms with Crippen LogP contribution in [0.5, 0.6) is 11.5 Å². The molecule has 182 valence electrons. The molecule has 0 heterocycles.